The van der Waals surface area contributed by atoms with Crippen molar-refractivity contribution >= 4 is 32.8 Å². The summed E-state index contributed by atoms with van der Waals surface area (Å²) in [5.41, 5.74) is 3.31. The number of aryl methyl sites for hydroxylation is 2. The molecule has 0 N–H and O–H groups in total. The summed E-state index contributed by atoms with van der Waals surface area (Å²) in [5.74, 6) is 1.01. The summed E-state index contributed by atoms with van der Waals surface area (Å²) in [5, 5.41) is 4.36. The van der Waals surface area contributed by atoms with Gasteiger partial charge in [0.05, 0.1) is 22.2 Å². The zero-order valence-corrected chi connectivity index (χ0v) is 13.4. The Hall–Kier alpha value is -1.89. The largest absolute Gasteiger partial charge is 0.350 e. The van der Waals surface area contributed by atoms with E-state index in [4.69, 9.17) is 0 Å². The molecule has 1 saturated heterocycles. The molecule has 1 aliphatic heterocycles. The minimum absolute atomic E-state index is 0.405. The first kappa shape index (κ1) is 12.8. The lowest BCUT2D eigenvalue weighted by molar-refractivity contribution is 0.366. The molecule has 0 aromatic carbocycles. The lowest BCUT2D eigenvalue weighted by Crippen LogP contribution is -2.48. The minimum Gasteiger partial charge on any atom is -0.350 e. The SMILES string of the molecule is Cc1cc2ncnc(N3CC(n4cc(Br)cn4)C3)c2n1C. The topological polar surface area (TPSA) is 51.8 Å². The van der Waals surface area contributed by atoms with Crippen LogP contribution in [0.1, 0.15) is 11.7 Å². The van der Waals surface area contributed by atoms with Crippen molar-refractivity contribution in [1.29, 1.82) is 0 Å². The Balaban J connectivity index is 1.64. The van der Waals surface area contributed by atoms with Crippen LogP contribution in [0.15, 0.2) is 29.3 Å². The van der Waals surface area contributed by atoms with E-state index in [9.17, 15) is 0 Å². The number of rotatable bonds is 2. The molecule has 0 bridgehead atoms. The predicted molar refractivity (Wildman–Crippen MR) is 84.4 cm³/mol. The van der Waals surface area contributed by atoms with Gasteiger partial charge in [0.25, 0.3) is 0 Å². The lowest BCUT2D eigenvalue weighted by atomic mass is 10.1. The first-order valence-electron chi connectivity index (χ1n) is 6.85. The van der Waals surface area contributed by atoms with Crippen LogP contribution in [0, 0.1) is 6.92 Å². The van der Waals surface area contributed by atoms with Gasteiger partial charge in [0.2, 0.25) is 0 Å². The molecular formula is C14H15BrN6. The normalized spacial score (nSPS) is 15.7. The van der Waals surface area contributed by atoms with Crippen LogP contribution < -0.4 is 4.90 Å². The quantitative estimate of drug-likeness (QED) is 0.714. The lowest BCUT2D eigenvalue weighted by Gasteiger charge is -2.40. The highest BCUT2D eigenvalue weighted by Gasteiger charge is 2.31. The summed E-state index contributed by atoms with van der Waals surface area (Å²) < 4.78 is 5.18. The van der Waals surface area contributed by atoms with Crippen LogP contribution in [0.2, 0.25) is 0 Å². The van der Waals surface area contributed by atoms with Gasteiger partial charge >= 0.3 is 0 Å². The van der Waals surface area contributed by atoms with E-state index in [1.54, 1.807) is 6.33 Å². The number of hydrogen-bond donors (Lipinski definition) is 0. The second-order valence-electron chi connectivity index (χ2n) is 5.47. The molecule has 0 unspecified atom stereocenters. The Kier molecular flexibility index (Phi) is 2.78. The summed E-state index contributed by atoms with van der Waals surface area (Å²) in [7, 11) is 2.06. The zero-order valence-electron chi connectivity index (χ0n) is 11.9. The number of nitrogens with zero attached hydrogens (tertiary/aromatic N) is 6. The maximum atomic E-state index is 4.49. The Morgan fingerprint density at radius 2 is 2.10 bits per heavy atom. The van der Waals surface area contributed by atoms with Crippen molar-refractivity contribution in [3.05, 3.63) is 35.0 Å². The highest BCUT2D eigenvalue weighted by atomic mass is 79.9. The Bertz CT molecular complexity index is 814. The third-order valence-corrected chi connectivity index (χ3v) is 4.56. The molecule has 0 atom stereocenters. The molecule has 3 aromatic rings. The van der Waals surface area contributed by atoms with Crippen LogP contribution in [0.4, 0.5) is 5.82 Å². The van der Waals surface area contributed by atoms with Crippen molar-refractivity contribution in [1.82, 2.24) is 24.3 Å². The monoisotopic (exact) mass is 346 g/mol. The molecule has 4 heterocycles. The predicted octanol–water partition coefficient (Wildman–Crippen LogP) is 2.30. The zero-order chi connectivity index (χ0) is 14.6. The van der Waals surface area contributed by atoms with Crippen LogP contribution in [0.3, 0.4) is 0 Å². The van der Waals surface area contributed by atoms with Gasteiger partial charge in [-0.2, -0.15) is 5.10 Å². The summed E-state index contributed by atoms with van der Waals surface area (Å²) in [6.45, 7) is 3.93. The molecule has 1 fully saturated rings. The van der Waals surface area contributed by atoms with E-state index in [0.717, 1.165) is 34.4 Å². The van der Waals surface area contributed by atoms with E-state index in [1.807, 2.05) is 17.1 Å². The van der Waals surface area contributed by atoms with Crippen LogP contribution in [0.25, 0.3) is 11.0 Å². The summed E-state index contributed by atoms with van der Waals surface area (Å²) in [6, 6.07) is 2.50. The number of halogens is 1. The summed E-state index contributed by atoms with van der Waals surface area (Å²) in [4.78, 5) is 11.1. The van der Waals surface area contributed by atoms with Crippen molar-refractivity contribution in [2.45, 2.75) is 13.0 Å². The van der Waals surface area contributed by atoms with Crippen molar-refractivity contribution in [2.24, 2.45) is 7.05 Å². The average Bonchev–Trinajstić information content (AvgIpc) is 2.94. The smallest absolute Gasteiger partial charge is 0.156 e. The third kappa shape index (κ3) is 1.95. The first-order valence-corrected chi connectivity index (χ1v) is 7.64. The average molecular weight is 347 g/mol. The minimum atomic E-state index is 0.405. The van der Waals surface area contributed by atoms with Gasteiger partial charge in [-0.15, -0.1) is 0 Å². The fourth-order valence-electron chi connectivity index (χ4n) is 2.82. The molecule has 108 valence electrons. The second kappa shape index (κ2) is 4.56. The molecule has 6 nitrogen and oxygen atoms in total. The Labute approximate surface area is 130 Å². The molecular weight excluding hydrogens is 332 g/mol. The van der Waals surface area contributed by atoms with Crippen LogP contribution in [-0.4, -0.2) is 37.4 Å². The second-order valence-corrected chi connectivity index (χ2v) is 6.39. The van der Waals surface area contributed by atoms with Gasteiger partial charge in [0.15, 0.2) is 5.82 Å². The van der Waals surface area contributed by atoms with E-state index in [2.05, 4.69) is 60.5 Å². The first-order chi connectivity index (χ1) is 10.1. The van der Waals surface area contributed by atoms with E-state index < -0.39 is 0 Å². The maximum absolute atomic E-state index is 4.49. The molecule has 4 rings (SSSR count). The highest BCUT2D eigenvalue weighted by molar-refractivity contribution is 9.10. The fourth-order valence-corrected chi connectivity index (χ4v) is 3.12. The van der Waals surface area contributed by atoms with Crippen molar-refractivity contribution in [2.75, 3.05) is 18.0 Å². The standard InChI is InChI=1S/C14H15BrN6/c1-9-3-12-13(19(9)2)14(17-8-16-12)20-6-11(7-20)21-5-10(15)4-18-21/h3-5,8,11H,6-7H2,1-2H3. The molecule has 0 aliphatic carbocycles. The van der Waals surface area contributed by atoms with Crippen molar-refractivity contribution < 1.29 is 0 Å². The van der Waals surface area contributed by atoms with Crippen LogP contribution in [-0.2, 0) is 7.05 Å². The molecule has 21 heavy (non-hydrogen) atoms. The van der Waals surface area contributed by atoms with Crippen molar-refractivity contribution in [3.63, 3.8) is 0 Å². The van der Waals surface area contributed by atoms with Crippen LogP contribution >= 0.6 is 15.9 Å². The highest BCUT2D eigenvalue weighted by Crippen LogP contribution is 2.32. The molecule has 0 radical (unpaired) electrons. The summed E-state index contributed by atoms with van der Waals surface area (Å²) >= 11 is 3.44. The van der Waals surface area contributed by atoms with Gasteiger partial charge < -0.3 is 9.47 Å². The molecule has 0 amide bonds. The number of fused-ring (bicyclic) bond motifs is 1. The Morgan fingerprint density at radius 3 is 2.81 bits per heavy atom. The van der Waals surface area contributed by atoms with Gasteiger partial charge in [-0.1, -0.05) is 0 Å². The fraction of sp³-hybridized carbons (Fsp3) is 0.357. The molecule has 7 heteroatoms. The number of aromatic nitrogens is 5. The van der Waals surface area contributed by atoms with Gasteiger partial charge in [0, 0.05) is 32.0 Å². The summed E-state index contributed by atoms with van der Waals surface area (Å²) in [6.07, 6.45) is 5.49. The molecule has 0 spiro atoms. The van der Waals surface area contributed by atoms with Gasteiger partial charge in [0.1, 0.15) is 11.8 Å². The van der Waals surface area contributed by atoms with Crippen LogP contribution in [0.5, 0.6) is 0 Å². The maximum Gasteiger partial charge on any atom is 0.156 e. The van der Waals surface area contributed by atoms with Gasteiger partial charge in [-0.3, -0.25) is 4.68 Å². The third-order valence-electron chi connectivity index (χ3n) is 4.15. The van der Waals surface area contributed by atoms with Gasteiger partial charge in [-0.25, -0.2) is 9.97 Å². The molecule has 0 saturated carbocycles. The number of hydrogen-bond acceptors (Lipinski definition) is 4. The van der Waals surface area contributed by atoms with Crippen molar-refractivity contribution in [3.8, 4) is 0 Å². The number of anilines is 1. The van der Waals surface area contributed by atoms with E-state index in [0.29, 0.717) is 6.04 Å². The Morgan fingerprint density at radius 1 is 1.29 bits per heavy atom. The molecule has 1 aliphatic rings. The van der Waals surface area contributed by atoms with E-state index in [1.165, 1.54) is 5.69 Å². The van der Waals surface area contributed by atoms with Gasteiger partial charge in [-0.05, 0) is 28.9 Å². The van der Waals surface area contributed by atoms with E-state index in [-0.39, 0.29) is 0 Å². The molecule has 3 aromatic heterocycles. The van der Waals surface area contributed by atoms with E-state index >= 15 is 0 Å².